The molecule has 2 aromatic carbocycles. The van der Waals surface area contributed by atoms with Gasteiger partial charge in [-0.05, 0) is 93.0 Å². The number of primary sulfonamides is 1. The summed E-state index contributed by atoms with van der Waals surface area (Å²) in [7, 11) is -4.02. The van der Waals surface area contributed by atoms with Gasteiger partial charge in [0.25, 0.3) is 0 Å². The van der Waals surface area contributed by atoms with Crippen molar-refractivity contribution in [3.8, 4) is 21.8 Å². The fourth-order valence-corrected chi connectivity index (χ4v) is 12.1. The zero-order valence-corrected chi connectivity index (χ0v) is 39.3. The lowest BCUT2D eigenvalue weighted by Gasteiger charge is -2.41. The summed E-state index contributed by atoms with van der Waals surface area (Å²) in [6.45, 7) is 16.8. The van der Waals surface area contributed by atoms with Crippen molar-refractivity contribution in [2.75, 3.05) is 62.6 Å². The maximum absolute atomic E-state index is 16.3. The topological polar surface area (TPSA) is 167 Å². The molecule has 16 heteroatoms. The molecule has 2 atom stereocenters. The van der Waals surface area contributed by atoms with Gasteiger partial charge >= 0.3 is 0 Å². The number of thiazole rings is 1. The molecule has 2 amide bonds. The van der Waals surface area contributed by atoms with E-state index in [1.165, 1.54) is 42.5 Å². The predicted octanol–water partition coefficient (Wildman–Crippen LogP) is 7.47. The summed E-state index contributed by atoms with van der Waals surface area (Å²) >= 11 is 1.47. The SMILES string of the molecule is CCC(c1cccc(-c2nc(C(C)(C)C)sc2-c2ccnc(NC3CCC(CN4CCN(CC5CCN(c6ccc([C@@H]7CCC(=O)NC7=O)cc6)CC5)CC4)CC3)n2)c1F)S(N)(=O)=O. The molecule has 4 fully saturated rings. The number of carbonyl (C=O) groups excluding carboxylic acids is 2. The van der Waals surface area contributed by atoms with E-state index in [0.717, 1.165) is 82.1 Å². The van der Waals surface area contributed by atoms with Gasteiger partial charge in [0.15, 0.2) is 0 Å². The Bertz CT molecular complexity index is 2380. The number of nitrogens with one attached hydrogen (secondary N) is 2. The van der Waals surface area contributed by atoms with Crippen LogP contribution in [0.25, 0.3) is 21.8 Å². The molecule has 4 aromatic rings. The van der Waals surface area contributed by atoms with Gasteiger partial charge in [-0.3, -0.25) is 14.9 Å². The highest BCUT2D eigenvalue weighted by Crippen LogP contribution is 2.43. The largest absolute Gasteiger partial charge is 0.372 e. The number of sulfonamides is 1. The van der Waals surface area contributed by atoms with Gasteiger partial charge in [0.1, 0.15) is 11.1 Å². The fourth-order valence-electron chi connectivity index (χ4n) is 10.0. The normalized spacial score (nSPS) is 22.7. The molecule has 4 aliphatic rings. The minimum Gasteiger partial charge on any atom is -0.372 e. The number of nitrogens with two attached hydrogens (primary N) is 1. The molecule has 0 bridgehead atoms. The first-order valence-electron chi connectivity index (χ1n) is 23.2. The quantitative estimate of drug-likeness (QED) is 0.114. The van der Waals surface area contributed by atoms with Crippen molar-refractivity contribution in [2.45, 2.75) is 108 Å². The third-order valence-electron chi connectivity index (χ3n) is 13.7. The van der Waals surface area contributed by atoms with Gasteiger partial charge in [0, 0.05) is 93.2 Å². The number of benzene rings is 2. The Kier molecular flexibility index (Phi) is 14.2. The highest BCUT2D eigenvalue weighted by atomic mass is 32.2. The van der Waals surface area contributed by atoms with Crippen LogP contribution in [0.1, 0.15) is 113 Å². The van der Waals surface area contributed by atoms with Crippen LogP contribution in [0.5, 0.6) is 0 Å². The smallest absolute Gasteiger partial charge is 0.234 e. The molecule has 2 aromatic heterocycles. The summed E-state index contributed by atoms with van der Waals surface area (Å²) in [4.78, 5) is 46.8. The highest BCUT2D eigenvalue weighted by molar-refractivity contribution is 7.89. The minimum atomic E-state index is -4.02. The van der Waals surface area contributed by atoms with Crippen LogP contribution in [-0.2, 0) is 25.0 Å². The number of hydrogen-bond donors (Lipinski definition) is 3. The maximum Gasteiger partial charge on any atom is 0.234 e. The molecule has 4 N–H and O–H groups in total. The van der Waals surface area contributed by atoms with E-state index in [0.29, 0.717) is 46.9 Å². The van der Waals surface area contributed by atoms with E-state index in [2.05, 4.69) is 75.4 Å². The first kappa shape index (κ1) is 46.2. The highest BCUT2D eigenvalue weighted by Gasteiger charge is 2.32. The molecule has 1 saturated carbocycles. The summed E-state index contributed by atoms with van der Waals surface area (Å²) in [6, 6.07) is 15.3. The Balaban J connectivity index is 0.798. The number of rotatable bonds is 13. The van der Waals surface area contributed by atoms with Gasteiger partial charge in [-0.25, -0.2) is 32.9 Å². The molecular formula is C48H64FN9O4S2. The molecule has 0 radical (unpaired) electrons. The van der Waals surface area contributed by atoms with Crippen LogP contribution in [0, 0.1) is 17.7 Å². The summed E-state index contributed by atoms with van der Waals surface area (Å²) in [6.07, 6.45) is 9.61. The Morgan fingerprint density at radius 3 is 2.14 bits per heavy atom. The molecular weight excluding hydrogens is 850 g/mol. The average molecular weight is 914 g/mol. The number of carbonyl (C=O) groups is 2. The number of imide groups is 1. The van der Waals surface area contributed by atoms with E-state index in [4.69, 9.17) is 15.1 Å². The molecule has 5 heterocycles. The van der Waals surface area contributed by atoms with Crippen LogP contribution >= 0.6 is 11.3 Å². The van der Waals surface area contributed by atoms with Crippen molar-refractivity contribution in [3.63, 3.8) is 0 Å². The van der Waals surface area contributed by atoms with Crippen LogP contribution in [0.3, 0.4) is 0 Å². The standard InChI is InChI=1S/C48H64FN9O4S2/c1-5-40(64(50,61)62)37-7-6-8-38(42(37)49)43-44(63-46(55-43)48(2,3)4)39-19-22-51-47(53-39)52-34-13-9-31(10-14-34)29-56-25-27-57(28-26-56)30-32-20-23-58(24-21-32)35-15-11-33(12-16-35)36-17-18-41(59)54-45(36)60/h6-8,11-12,15-16,19,22,31-32,34,36,40H,5,9-10,13-14,17-18,20-21,23-30H2,1-4H3,(H2,50,61,62)(H,51,52,53)(H,54,59,60)/t31?,34?,36-,40?/m0/s1. The second-order valence-electron chi connectivity index (χ2n) is 19.4. The molecule has 0 spiro atoms. The lowest BCUT2D eigenvalue weighted by molar-refractivity contribution is -0.134. The number of amides is 2. The average Bonchev–Trinajstić information content (AvgIpc) is 3.73. The van der Waals surface area contributed by atoms with Gasteiger partial charge in [0.2, 0.25) is 27.8 Å². The Morgan fingerprint density at radius 2 is 1.53 bits per heavy atom. The summed E-state index contributed by atoms with van der Waals surface area (Å²) < 4.78 is 41.1. The molecule has 8 rings (SSSR count). The zero-order chi connectivity index (χ0) is 45.2. The predicted molar refractivity (Wildman–Crippen MR) is 252 cm³/mol. The van der Waals surface area contributed by atoms with Gasteiger partial charge in [-0.15, -0.1) is 11.3 Å². The lowest BCUT2D eigenvalue weighted by atomic mass is 9.85. The molecule has 1 unspecified atom stereocenters. The number of halogens is 1. The van der Waals surface area contributed by atoms with Crippen molar-refractivity contribution in [3.05, 3.63) is 76.7 Å². The summed E-state index contributed by atoms with van der Waals surface area (Å²) in [5.74, 6) is 0.677. The number of piperidine rings is 2. The van der Waals surface area contributed by atoms with E-state index >= 15 is 4.39 Å². The number of anilines is 2. The lowest BCUT2D eigenvalue weighted by Crippen LogP contribution is -2.50. The van der Waals surface area contributed by atoms with Crippen LogP contribution in [0.15, 0.2) is 54.7 Å². The van der Waals surface area contributed by atoms with Crippen LogP contribution in [-0.4, -0.2) is 103 Å². The Hall–Kier alpha value is -4.35. The first-order chi connectivity index (χ1) is 30.6. The Morgan fingerprint density at radius 1 is 0.875 bits per heavy atom. The molecule has 344 valence electrons. The van der Waals surface area contributed by atoms with Crippen molar-refractivity contribution in [1.82, 2.24) is 30.1 Å². The van der Waals surface area contributed by atoms with Crippen LogP contribution in [0.2, 0.25) is 0 Å². The molecule has 3 saturated heterocycles. The second kappa shape index (κ2) is 19.6. The van der Waals surface area contributed by atoms with Crippen molar-refractivity contribution in [2.24, 2.45) is 17.0 Å². The number of aromatic nitrogens is 3. The number of nitrogens with zero attached hydrogens (tertiary/aromatic N) is 6. The molecule has 13 nitrogen and oxygen atoms in total. The second-order valence-corrected chi connectivity index (χ2v) is 22.1. The molecule has 3 aliphatic heterocycles. The van der Waals surface area contributed by atoms with Crippen LogP contribution in [0.4, 0.5) is 16.0 Å². The molecule has 64 heavy (non-hydrogen) atoms. The third kappa shape index (κ3) is 10.8. The zero-order valence-electron chi connectivity index (χ0n) is 37.7. The first-order valence-corrected chi connectivity index (χ1v) is 25.6. The van der Waals surface area contributed by atoms with Gasteiger partial charge < -0.3 is 20.0 Å². The summed E-state index contributed by atoms with van der Waals surface area (Å²) in [5.41, 5.74) is 3.22. The third-order valence-corrected chi connectivity index (χ3v) is 16.6. The Labute approximate surface area is 381 Å². The van der Waals surface area contributed by atoms with Gasteiger partial charge in [-0.1, -0.05) is 52.0 Å². The van der Waals surface area contributed by atoms with Gasteiger partial charge in [0.05, 0.1) is 27.2 Å². The monoisotopic (exact) mass is 913 g/mol. The van der Waals surface area contributed by atoms with Crippen molar-refractivity contribution >= 4 is 44.8 Å². The number of piperazine rings is 1. The number of hydrogen-bond acceptors (Lipinski definition) is 12. The van der Waals surface area contributed by atoms with E-state index < -0.39 is 21.1 Å². The van der Waals surface area contributed by atoms with E-state index in [9.17, 15) is 18.0 Å². The van der Waals surface area contributed by atoms with Crippen molar-refractivity contribution in [1.29, 1.82) is 0 Å². The molecule has 1 aliphatic carbocycles. The van der Waals surface area contributed by atoms with E-state index in [1.807, 2.05) is 6.07 Å². The maximum atomic E-state index is 16.3. The van der Waals surface area contributed by atoms with Gasteiger partial charge in [-0.2, -0.15) is 0 Å². The fraction of sp³-hybridized carbons (Fsp3) is 0.562. The van der Waals surface area contributed by atoms with Crippen LogP contribution < -0.4 is 20.7 Å². The van der Waals surface area contributed by atoms with E-state index in [1.54, 1.807) is 25.3 Å². The summed E-state index contributed by atoms with van der Waals surface area (Å²) in [5, 5.41) is 11.3. The van der Waals surface area contributed by atoms with E-state index in [-0.39, 0.29) is 46.7 Å². The minimum absolute atomic E-state index is 0.0425. The van der Waals surface area contributed by atoms with Crippen molar-refractivity contribution < 1.29 is 22.4 Å².